The highest BCUT2D eigenvalue weighted by Crippen LogP contribution is 2.47. The van der Waals surface area contributed by atoms with Gasteiger partial charge in [0.25, 0.3) is 0 Å². The third-order valence-electron chi connectivity index (χ3n) is 5.14. The molecule has 0 aromatic heterocycles. The smallest absolute Gasteiger partial charge is 0.223 e. The van der Waals surface area contributed by atoms with Crippen LogP contribution in [0.15, 0.2) is 54.6 Å². The summed E-state index contributed by atoms with van der Waals surface area (Å²) in [6, 6.07) is 19.5. The topological polar surface area (TPSA) is 20.3 Å². The quantitative estimate of drug-likeness (QED) is 0.779. The second kappa shape index (κ2) is 4.45. The molecule has 1 amide bonds. The van der Waals surface area contributed by atoms with Gasteiger partial charge >= 0.3 is 0 Å². The van der Waals surface area contributed by atoms with Gasteiger partial charge < -0.3 is 4.90 Å². The average molecular weight is 277 g/mol. The van der Waals surface area contributed by atoms with E-state index in [9.17, 15) is 4.79 Å². The second-order valence-electron chi connectivity index (χ2n) is 6.36. The minimum absolute atomic E-state index is 0.117. The number of fused-ring (bicyclic) bond motifs is 3. The lowest BCUT2D eigenvalue weighted by Gasteiger charge is -2.44. The number of nitrogens with zero attached hydrogens (tertiary/aromatic N) is 1. The van der Waals surface area contributed by atoms with Crippen molar-refractivity contribution in [2.45, 2.75) is 31.2 Å². The van der Waals surface area contributed by atoms with Gasteiger partial charge in [-0.2, -0.15) is 0 Å². The van der Waals surface area contributed by atoms with Crippen molar-refractivity contribution in [1.29, 1.82) is 0 Å². The van der Waals surface area contributed by atoms with E-state index in [1.807, 2.05) is 6.07 Å². The van der Waals surface area contributed by atoms with Crippen molar-refractivity contribution in [2.75, 3.05) is 6.54 Å². The van der Waals surface area contributed by atoms with Gasteiger partial charge in [0.1, 0.15) is 0 Å². The van der Waals surface area contributed by atoms with Crippen molar-refractivity contribution < 1.29 is 4.79 Å². The Morgan fingerprint density at radius 2 is 1.76 bits per heavy atom. The van der Waals surface area contributed by atoms with Gasteiger partial charge in [-0.3, -0.25) is 4.79 Å². The number of amides is 1. The Balaban J connectivity index is 1.93. The number of benzene rings is 2. The normalized spacial score (nSPS) is 27.4. The summed E-state index contributed by atoms with van der Waals surface area (Å²) in [7, 11) is 0. The predicted octanol–water partition coefficient (Wildman–Crippen LogP) is 3.67. The Morgan fingerprint density at radius 1 is 1.05 bits per heavy atom. The zero-order valence-electron chi connectivity index (χ0n) is 12.3. The van der Waals surface area contributed by atoms with Crippen LogP contribution in [0.3, 0.4) is 0 Å². The first-order valence-electron chi connectivity index (χ1n) is 7.64. The fourth-order valence-electron chi connectivity index (χ4n) is 4.02. The van der Waals surface area contributed by atoms with E-state index in [0.29, 0.717) is 12.3 Å². The molecule has 0 spiro atoms. The molecule has 0 aliphatic carbocycles. The lowest BCUT2D eigenvalue weighted by atomic mass is 9.70. The van der Waals surface area contributed by atoms with Crippen LogP contribution in [-0.2, 0) is 10.2 Å². The molecule has 2 aliphatic heterocycles. The van der Waals surface area contributed by atoms with E-state index >= 15 is 0 Å². The van der Waals surface area contributed by atoms with E-state index in [1.54, 1.807) is 0 Å². The molecule has 2 heteroatoms. The number of carbonyl (C=O) groups is 1. The van der Waals surface area contributed by atoms with Crippen molar-refractivity contribution in [3.05, 3.63) is 71.3 Å². The molecule has 2 atom stereocenters. The van der Waals surface area contributed by atoms with Crippen molar-refractivity contribution in [3.63, 3.8) is 0 Å². The van der Waals surface area contributed by atoms with Crippen molar-refractivity contribution in [3.8, 4) is 0 Å². The Morgan fingerprint density at radius 3 is 2.57 bits per heavy atom. The van der Waals surface area contributed by atoms with Gasteiger partial charge in [0.15, 0.2) is 0 Å². The van der Waals surface area contributed by atoms with E-state index in [1.165, 1.54) is 16.7 Å². The first kappa shape index (κ1) is 12.6. The van der Waals surface area contributed by atoms with Crippen LogP contribution in [0.2, 0.25) is 0 Å². The maximum absolute atomic E-state index is 12.3. The maximum atomic E-state index is 12.3. The molecule has 106 valence electrons. The molecule has 4 rings (SSSR count). The second-order valence-corrected chi connectivity index (χ2v) is 6.36. The third kappa shape index (κ3) is 1.75. The van der Waals surface area contributed by atoms with Gasteiger partial charge in [-0.25, -0.2) is 0 Å². The fourth-order valence-corrected chi connectivity index (χ4v) is 4.02. The van der Waals surface area contributed by atoms with Crippen molar-refractivity contribution in [2.24, 2.45) is 0 Å². The van der Waals surface area contributed by atoms with Gasteiger partial charge in [0, 0.05) is 18.4 Å². The van der Waals surface area contributed by atoms with Gasteiger partial charge in [-0.15, -0.1) is 0 Å². The Labute approximate surface area is 125 Å². The Hall–Kier alpha value is -2.09. The fraction of sp³-hybridized carbons (Fsp3) is 0.316. The molecule has 2 nitrogen and oxygen atoms in total. The summed E-state index contributed by atoms with van der Waals surface area (Å²) in [5.41, 5.74) is 3.89. The lowest BCUT2D eigenvalue weighted by molar-refractivity contribution is -0.130. The zero-order chi connectivity index (χ0) is 14.4. The largest absolute Gasteiger partial charge is 0.334 e. The third-order valence-corrected chi connectivity index (χ3v) is 5.14. The lowest BCUT2D eigenvalue weighted by Crippen LogP contribution is -2.46. The zero-order valence-corrected chi connectivity index (χ0v) is 12.3. The molecule has 2 heterocycles. The average Bonchev–Trinajstić information content (AvgIpc) is 2.90. The number of rotatable bonds is 1. The number of carbonyl (C=O) groups excluding carboxylic acids is 1. The number of hydrogen-bond donors (Lipinski definition) is 0. The summed E-state index contributed by atoms with van der Waals surface area (Å²) in [5.74, 6) is 0.302. The first-order valence-corrected chi connectivity index (χ1v) is 7.64. The van der Waals surface area contributed by atoms with E-state index in [2.05, 4.69) is 60.4 Å². The van der Waals surface area contributed by atoms with Crippen LogP contribution < -0.4 is 0 Å². The molecule has 0 N–H and O–H groups in total. The maximum Gasteiger partial charge on any atom is 0.223 e. The monoisotopic (exact) mass is 277 g/mol. The molecular formula is C19H19NO. The molecule has 0 unspecified atom stereocenters. The predicted molar refractivity (Wildman–Crippen MR) is 83.0 cm³/mol. The summed E-state index contributed by atoms with van der Waals surface area (Å²) in [6.07, 6.45) is 1.64. The molecule has 1 fully saturated rings. The Bertz CT molecular complexity index is 694. The summed E-state index contributed by atoms with van der Waals surface area (Å²) in [6.45, 7) is 3.06. The first-order chi connectivity index (χ1) is 10.2. The molecule has 2 aliphatic rings. The molecule has 0 radical (unpaired) electrons. The summed E-state index contributed by atoms with van der Waals surface area (Å²) < 4.78 is 0. The molecule has 2 aromatic carbocycles. The highest BCUT2D eigenvalue weighted by molar-refractivity contribution is 5.80. The van der Waals surface area contributed by atoms with Gasteiger partial charge in [-0.05, 0) is 30.0 Å². The summed E-state index contributed by atoms with van der Waals surface area (Å²) in [4.78, 5) is 14.4. The SMILES string of the molecule is C[C@]1(c2ccccc2)CN2C(=O)CC[C@H]2c2ccccc21. The summed E-state index contributed by atoms with van der Waals surface area (Å²) in [5, 5.41) is 0. The van der Waals surface area contributed by atoms with Crippen LogP contribution in [-0.4, -0.2) is 17.4 Å². The van der Waals surface area contributed by atoms with E-state index in [4.69, 9.17) is 0 Å². The van der Waals surface area contributed by atoms with Crippen LogP contribution in [0.5, 0.6) is 0 Å². The van der Waals surface area contributed by atoms with Crippen LogP contribution in [0, 0.1) is 0 Å². The van der Waals surface area contributed by atoms with E-state index in [-0.39, 0.29) is 11.5 Å². The minimum Gasteiger partial charge on any atom is -0.334 e. The van der Waals surface area contributed by atoms with E-state index < -0.39 is 0 Å². The summed E-state index contributed by atoms with van der Waals surface area (Å²) >= 11 is 0. The molecule has 21 heavy (non-hydrogen) atoms. The molecule has 0 bridgehead atoms. The van der Waals surface area contributed by atoms with Crippen molar-refractivity contribution >= 4 is 5.91 Å². The van der Waals surface area contributed by atoms with Gasteiger partial charge in [0.2, 0.25) is 5.91 Å². The number of hydrogen-bond acceptors (Lipinski definition) is 1. The molecular weight excluding hydrogens is 258 g/mol. The van der Waals surface area contributed by atoms with Gasteiger partial charge in [0.05, 0.1) is 6.04 Å². The van der Waals surface area contributed by atoms with Crippen LogP contribution in [0.1, 0.15) is 42.5 Å². The van der Waals surface area contributed by atoms with Gasteiger partial charge in [-0.1, -0.05) is 54.6 Å². The highest BCUT2D eigenvalue weighted by Gasteiger charge is 2.45. The van der Waals surface area contributed by atoms with Crippen molar-refractivity contribution in [1.82, 2.24) is 4.90 Å². The van der Waals surface area contributed by atoms with Crippen LogP contribution >= 0.6 is 0 Å². The molecule has 0 saturated carbocycles. The molecule has 2 aromatic rings. The van der Waals surface area contributed by atoms with Crippen LogP contribution in [0.25, 0.3) is 0 Å². The standard InChI is InChI=1S/C19H19NO/c1-19(14-7-3-2-4-8-14)13-20-17(11-12-18(20)21)15-9-5-6-10-16(15)19/h2-10,17H,11-13H2,1H3/t17-,19+/m0/s1. The molecule has 1 saturated heterocycles. The minimum atomic E-state index is -0.117. The Kier molecular flexibility index (Phi) is 2.68. The van der Waals surface area contributed by atoms with E-state index in [0.717, 1.165) is 13.0 Å². The highest BCUT2D eigenvalue weighted by atomic mass is 16.2. The van der Waals surface area contributed by atoms with Crippen LogP contribution in [0.4, 0.5) is 0 Å².